The molecule has 4 nitrogen and oxygen atoms in total. The average molecular weight is 390 g/mol. The summed E-state index contributed by atoms with van der Waals surface area (Å²) in [5, 5.41) is 13.9. The van der Waals surface area contributed by atoms with Gasteiger partial charge in [0.2, 0.25) is 0 Å². The monoisotopic (exact) mass is 388 g/mol. The second-order valence-electron chi connectivity index (χ2n) is 3.67. The molecule has 0 spiro atoms. The third-order valence-electron chi connectivity index (χ3n) is 2.36. The molecule has 98 valence electrons. The second kappa shape index (κ2) is 5.66. The van der Waals surface area contributed by atoms with Crippen LogP contribution in [0, 0.1) is 15.9 Å². The molecule has 0 saturated heterocycles. The molecular formula is C12H7Br2FN2O2. The summed E-state index contributed by atoms with van der Waals surface area (Å²) in [5.41, 5.74) is 0.818. The highest BCUT2D eigenvalue weighted by atomic mass is 79.9. The van der Waals surface area contributed by atoms with Crippen molar-refractivity contribution in [2.45, 2.75) is 0 Å². The number of benzene rings is 2. The lowest BCUT2D eigenvalue weighted by atomic mass is 10.2. The minimum atomic E-state index is -0.482. The number of rotatable bonds is 3. The number of nitrogens with zero attached hydrogens (tertiary/aromatic N) is 1. The number of anilines is 2. The number of hydrogen-bond donors (Lipinski definition) is 1. The van der Waals surface area contributed by atoms with Crippen molar-refractivity contribution >= 4 is 48.9 Å². The maximum Gasteiger partial charge on any atom is 0.293 e. The van der Waals surface area contributed by atoms with Gasteiger partial charge in [0, 0.05) is 15.0 Å². The van der Waals surface area contributed by atoms with Gasteiger partial charge in [0.05, 0.1) is 10.6 Å². The molecule has 0 aliphatic heterocycles. The molecule has 0 bridgehead atoms. The van der Waals surface area contributed by atoms with Gasteiger partial charge < -0.3 is 5.32 Å². The van der Waals surface area contributed by atoms with Crippen LogP contribution in [-0.4, -0.2) is 4.92 Å². The summed E-state index contributed by atoms with van der Waals surface area (Å²) in [6, 6.07) is 8.74. The molecule has 2 aromatic carbocycles. The van der Waals surface area contributed by atoms with Crippen molar-refractivity contribution in [3.8, 4) is 0 Å². The Morgan fingerprint density at radius 3 is 2.42 bits per heavy atom. The lowest BCUT2D eigenvalue weighted by molar-refractivity contribution is -0.384. The highest BCUT2D eigenvalue weighted by Gasteiger charge is 2.15. The fourth-order valence-corrected chi connectivity index (χ4v) is 2.30. The van der Waals surface area contributed by atoms with E-state index in [1.54, 1.807) is 12.1 Å². The van der Waals surface area contributed by atoms with E-state index >= 15 is 0 Å². The first-order chi connectivity index (χ1) is 8.97. The zero-order valence-corrected chi connectivity index (χ0v) is 12.5. The van der Waals surface area contributed by atoms with Crippen molar-refractivity contribution in [2.24, 2.45) is 0 Å². The molecule has 1 N–H and O–H groups in total. The van der Waals surface area contributed by atoms with E-state index < -0.39 is 4.92 Å². The van der Waals surface area contributed by atoms with Gasteiger partial charge in [-0.15, -0.1) is 0 Å². The summed E-state index contributed by atoms with van der Waals surface area (Å²) >= 11 is 6.38. The van der Waals surface area contributed by atoms with E-state index in [-0.39, 0.29) is 11.5 Å². The highest BCUT2D eigenvalue weighted by Crippen LogP contribution is 2.33. The molecule has 0 saturated carbocycles. The zero-order chi connectivity index (χ0) is 14.0. The maximum absolute atomic E-state index is 13.0. The van der Waals surface area contributed by atoms with E-state index in [1.807, 2.05) is 0 Å². The predicted octanol–water partition coefficient (Wildman–Crippen LogP) is 5.00. The van der Waals surface area contributed by atoms with Crippen LogP contribution >= 0.6 is 31.9 Å². The fourth-order valence-electron chi connectivity index (χ4n) is 1.50. The van der Waals surface area contributed by atoms with E-state index in [2.05, 4.69) is 37.2 Å². The van der Waals surface area contributed by atoms with Gasteiger partial charge in [0.15, 0.2) is 0 Å². The fraction of sp³-hybridized carbons (Fsp3) is 0. The SMILES string of the molecule is O=[N+]([O-])c1cc(Br)ccc1Nc1ccc(F)cc1Br. The van der Waals surface area contributed by atoms with E-state index in [1.165, 1.54) is 24.3 Å². The number of nitrogens with one attached hydrogen (secondary N) is 1. The molecule has 19 heavy (non-hydrogen) atoms. The smallest absolute Gasteiger partial charge is 0.293 e. The summed E-state index contributed by atoms with van der Waals surface area (Å²) < 4.78 is 14.1. The molecule has 0 unspecified atom stereocenters. The molecule has 0 aliphatic rings. The van der Waals surface area contributed by atoms with Crippen LogP contribution in [-0.2, 0) is 0 Å². The minimum absolute atomic E-state index is 0.0643. The quantitative estimate of drug-likeness (QED) is 0.593. The molecule has 0 aromatic heterocycles. The molecular weight excluding hydrogens is 383 g/mol. The van der Waals surface area contributed by atoms with Crippen molar-refractivity contribution in [3.05, 3.63) is 61.3 Å². The van der Waals surface area contributed by atoms with Crippen molar-refractivity contribution < 1.29 is 9.31 Å². The van der Waals surface area contributed by atoms with E-state index in [4.69, 9.17) is 0 Å². The number of nitro benzene ring substituents is 1. The topological polar surface area (TPSA) is 55.2 Å². The molecule has 0 atom stereocenters. The molecule has 2 aromatic rings. The lowest BCUT2D eigenvalue weighted by Gasteiger charge is -2.09. The number of nitro groups is 1. The molecule has 0 amide bonds. The van der Waals surface area contributed by atoms with Crippen LogP contribution in [0.15, 0.2) is 45.3 Å². The molecule has 0 radical (unpaired) electrons. The molecule has 0 heterocycles. The average Bonchev–Trinajstić information content (AvgIpc) is 2.34. The van der Waals surface area contributed by atoms with Crippen LogP contribution in [0.25, 0.3) is 0 Å². The van der Waals surface area contributed by atoms with Crippen LogP contribution in [0.5, 0.6) is 0 Å². The normalized spacial score (nSPS) is 10.3. The molecule has 2 rings (SSSR count). The van der Waals surface area contributed by atoms with Crippen LogP contribution in [0.2, 0.25) is 0 Å². The number of hydrogen-bond acceptors (Lipinski definition) is 3. The Kier molecular flexibility index (Phi) is 4.16. The Labute approximate surface area is 125 Å². The van der Waals surface area contributed by atoms with Gasteiger partial charge in [-0.25, -0.2) is 4.39 Å². The first-order valence-corrected chi connectivity index (χ1v) is 6.72. The van der Waals surface area contributed by atoms with Gasteiger partial charge in [0.25, 0.3) is 5.69 Å². The van der Waals surface area contributed by atoms with Crippen LogP contribution < -0.4 is 5.32 Å². The standard InChI is InChI=1S/C12H7Br2FN2O2/c13-7-1-3-11(12(5-7)17(18)19)16-10-4-2-8(15)6-9(10)14/h1-6,16H. The van der Waals surface area contributed by atoms with Gasteiger partial charge in [-0.2, -0.15) is 0 Å². The van der Waals surface area contributed by atoms with Crippen molar-refractivity contribution in [2.75, 3.05) is 5.32 Å². The van der Waals surface area contributed by atoms with E-state index in [0.717, 1.165) is 0 Å². The summed E-state index contributed by atoms with van der Waals surface area (Å²) in [4.78, 5) is 10.5. The van der Waals surface area contributed by atoms with Crippen LogP contribution in [0.4, 0.5) is 21.5 Å². The van der Waals surface area contributed by atoms with Crippen LogP contribution in [0.1, 0.15) is 0 Å². The Balaban J connectivity index is 2.40. The first kappa shape index (κ1) is 14.0. The van der Waals surface area contributed by atoms with Gasteiger partial charge in [-0.3, -0.25) is 10.1 Å². The second-order valence-corrected chi connectivity index (χ2v) is 5.44. The summed E-state index contributed by atoms with van der Waals surface area (Å²) in [6.07, 6.45) is 0. The van der Waals surface area contributed by atoms with Crippen LogP contribution in [0.3, 0.4) is 0 Å². The predicted molar refractivity (Wildman–Crippen MR) is 78.2 cm³/mol. The zero-order valence-electron chi connectivity index (χ0n) is 9.36. The van der Waals surface area contributed by atoms with Gasteiger partial charge in [-0.1, -0.05) is 15.9 Å². The van der Waals surface area contributed by atoms with Crippen molar-refractivity contribution in [1.82, 2.24) is 0 Å². The highest BCUT2D eigenvalue weighted by molar-refractivity contribution is 9.10. The van der Waals surface area contributed by atoms with E-state index in [0.29, 0.717) is 20.3 Å². The third kappa shape index (κ3) is 3.30. The molecule has 7 heteroatoms. The molecule has 0 fully saturated rings. The van der Waals surface area contributed by atoms with Gasteiger partial charge in [-0.05, 0) is 46.3 Å². The van der Waals surface area contributed by atoms with Crippen molar-refractivity contribution in [1.29, 1.82) is 0 Å². The first-order valence-electron chi connectivity index (χ1n) is 5.13. The Morgan fingerprint density at radius 1 is 1.11 bits per heavy atom. The molecule has 0 aliphatic carbocycles. The largest absolute Gasteiger partial charge is 0.349 e. The summed E-state index contributed by atoms with van der Waals surface area (Å²) in [5.74, 6) is -0.386. The Hall–Kier alpha value is -1.47. The lowest BCUT2D eigenvalue weighted by Crippen LogP contribution is -1.97. The maximum atomic E-state index is 13.0. The van der Waals surface area contributed by atoms with E-state index in [9.17, 15) is 14.5 Å². The van der Waals surface area contributed by atoms with Gasteiger partial charge >= 0.3 is 0 Å². The minimum Gasteiger partial charge on any atom is -0.349 e. The Morgan fingerprint density at radius 2 is 1.79 bits per heavy atom. The van der Waals surface area contributed by atoms with Gasteiger partial charge in [0.1, 0.15) is 11.5 Å². The number of halogens is 3. The summed E-state index contributed by atoms with van der Waals surface area (Å²) in [7, 11) is 0. The Bertz CT molecular complexity index is 650. The third-order valence-corrected chi connectivity index (χ3v) is 3.51. The summed E-state index contributed by atoms with van der Waals surface area (Å²) in [6.45, 7) is 0. The van der Waals surface area contributed by atoms with Crippen molar-refractivity contribution in [3.63, 3.8) is 0 Å².